The highest BCUT2D eigenvalue weighted by Crippen LogP contribution is 2.15. The molecule has 1 rings (SSSR count). The average Bonchev–Trinajstić information content (AvgIpc) is 2.15. The summed E-state index contributed by atoms with van der Waals surface area (Å²) in [4.78, 5) is 26.7. The summed E-state index contributed by atoms with van der Waals surface area (Å²) in [5.74, 6) is -0.614. The summed E-state index contributed by atoms with van der Waals surface area (Å²) in [5.41, 5.74) is 0. The summed E-state index contributed by atoms with van der Waals surface area (Å²) in [6.07, 6.45) is 4.94. The number of amides is 2. The van der Waals surface area contributed by atoms with E-state index in [1.807, 2.05) is 0 Å². The van der Waals surface area contributed by atoms with Crippen LogP contribution in [0, 0.1) is 5.92 Å². The third-order valence-electron chi connectivity index (χ3n) is 2.54. The van der Waals surface area contributed by atoms with Gasteiger partial charge >= 0.3 is 0 Å². The molecule has 0 aliphatic carbocycles. The summed E-state index contributed by atoms with van der Waals surface area (Å²) in [6, 6.07) is 0. The van der Waals surface area contributed by atoms with Gasteiger partial charge in [0.25, 0.3) is 5.91 Å². The first-order valence-corrected chi connectivity index (χ1v) is 5.55. The molecule has 0 fully saturated rings. The Kier molecular flexibility index (Phi) is 4.46. The highest BCUT2D eigenvalue weighted by atomic mass is 16.2. The van der Waals surface area contributed by atoms with Crippen molar-refractivity contribution in [1.82, 2.24) is 5.32 Å². The van der Waals surface area contributed by atoms with E-state index in [-0.39, 0.29) is 11.8 Å². The zero-order valence-corrected chi connectivity index (χ0v) is 9.38. The molecule has 1 heterocycles. The van der Waals surface area contributed by atoms with Crippen LogP contribution in [0.1, 0.15) is 46.0 Å². The van der Waals surface area contributed by atoms with Crippen LogP contribution in [-0.2, 0) is 9.59 Å². The van der Waals surface area contributed by atoms with E-state index in [2.05, 4.69) is 17.2 Å². The van der Waals surface area contributed by atoms with E-state index in [1.54, 1.807) is 6.92 Å². The molecule has 0 spiro atoms. The number of hydrogen-bond acceptors (Lipinski definition) is 2. The monoisotopic (exact) mass is 210 g/mol. The van der Waals surface area contributed by atoms with E-state index in [4.69, 9.17) is 0 Å². The molecule has 1 unspecified atom stereocenters. The highest BCUT2D eigenvalue weighted by Gasteiger charge is 2.29. The van der Waals surface area contributed by atoms with Gasteiger partial charge in [-0.25, -0.2) is 0 Å². The van der Waals surface area contributed by atoms with Gasteiger partial charge in [-0.2, -0.15) is 4.99 Å². The van der Waals surface area contributed by atoms with Crippen molar-refractivity contribution in [1.29, 1.82) is 0 Å². The minimum absolute atomic E-state index is 0.191. The van der Waals surface area contributed by atoms with Crippen LogP contribution in [0.4, 0.5) is 0 Å². The maximum absolute atomic E-state index is 11.5. The van der Waals surface area contributed by atoms with Crippen molar-refractivity contribution >= 4 is 17.6 Å². The lowest BCUT2D eigenvalue weighted by Gasteiger charge is -2.17. The molecular formula is C11H18N2O2. The van der Waals surface area contributed by atoms with Crippen LogP contribution in [0.3, 0.4) is 0 Å². The largest absolute Gasteiger partial charge is 0.314 e. The van der Waals surface area contributed by atoms with E-state index in [1.165, 1.54) is 0 Å². The van der Waals surface area contributed by atoms with Crippen LogP contribution < -0.4 is 5.32 Å². The van der Waals surface area contributed by atoms with Gasteiger partial charge in [0.2, 0.25) is 5.91 Å². The Hall–Kier alpha value is -1.19. The predicted octanol–water partition coefficient (Wildman–Crippen LogP) is 1.65. The van der Waals surface area contributed by atoms with Crippen LogP contribution in [-0.4, -0.2) is 17.6 Å². The van der Waals surface area contributed by atoms with E-state index in [0.717, 1.165) is 25.7 Å². The van der Waals surface area contributed by atoms with Crippen molar-refractivity contribution in [3.63, 3.8) is 0 Å². The lowest BCUT2D eigenvalue weighted by molar-refractivity contribution is -0.133. The van der Waals surface area contributed by atoms with E-state index >= 15 is 0 Å². The minimum Gasteiger partial charge on any atom is -0.314 e. The smallest absolute Gasteiger partial charge is 0.259 e. The zero-order chi connectivity index (χ0) is 11.3. The minimum atomic E-state index is -0.550. The van der Waals surface area contributed by atoms with Crippen molar-refractivity contribution in [2.75, 3.05) is 0 Å². The first-order chi connectivity index (χ1) is 7.15. The molecule has 0 saturated carbocycles. The summed E-state index contributed by atoms with van der Waals surface area (Å²) in [7, 11) is 0. The summed E-state index contributed by atoms with van der Waals surface area (Å²) in [5, 5.41) is 2.59. The van der Waals surface area contributed by atoms with Crippen molar-refractivity contribution in [3.05, 3.63) is 0 Å². The number of nitrogens with zero attached hydrogens (tertiary/aromatic N) is 1. The molecular weight excluding hydrogens is 192 g/mol. The Bertz CT molecular complexity index is 284. The molecule has 0 bridgehead atoms. The molecule has 0 radical (unpaired) electrons. The second-order valence-corrected chi connectivity index (χ2v) is 3.93. The number of amidine groups is 1. The Morgan fingerprint density at radius 1 is 1.27 bits per heavy atom. The Morgan fingerprint density at radius 3 is 2.60 bits per heavy atom. The number of rotatable bonds is 5. The Labute approximate surface area is 90.2 Å². The molecule has 4 heteroatoms. The van der Waals surface area contributed by atoms with Crippen LogP contribution in [0.5, 0.6) is 0 Å². The molecule has 1 atom stereocenters. The lowest BCUT2D eigenvalue weighted by atomic mass is 9.98. The molecule has 15 heavy (non-hydrogen) atoms. The number of carbonyl (C=O) groups excluding carboxylic acids is 2. The Morgan fingerprint density at radius 2 is 2.00 bits per heavy atom. The van der Waals surface area contributed by atoms with Crippen LogP contribution in [0.15, 0.2) is 4.99 Å². The van der Waals surface area contributed by atoms with E-state index in [0.29, 0.717) is 12.3 Å². The van der Waals surface area contributed by atoms with Gasteiger partial charge in [0.1, 0.15) is 11.8 Å². The number of hydrogen-bond donors (Lipinski definition) is 1. The van der Waals surface area contributed by atoms with Gasteiger partial charge in [-0.3, -0.25) is 9.59 Å². The molecule has 1 aliphatic rings. The fourth-order valence-electron chi connectivity index (χ4n) is 1.68. The quantitative estimate of drug-likeness (QED) is 0.554. The predicted molar refractivity (Wildman–Crippen MR) is 58.5 cm³/mol. The average molecular weight is 210 g/mol. The van der Waals surface area contributed by atoms with Crippen LogP contribution >= 0.6 is 0 Å². The number of carbonyl (C=O) groups is 2. The molecule has 84 valence electrons. The molecule has 4 nitrogen and oxygen atoms in total. The molecule has 1 N–H and O–H groups in total. The van der Waals surface area contributed by atoms with E-state index < -0.39 is 5.92 Å². The van der Waals surface area contributed by atoms with Crippen molar-refractivity contribution in [2.45, 2.75) is 46.0 Å². The van der Waals surface area contributed by atoms with E-state index in [9.17, 15) is 9.59 Å². The number of nitrogens with one attached hydrogen (secondary N) is 1. The topological polar surface area (TPSA) is 58.5 Å². The van der Waals surface area contributed by atoms with Crippen molar-refractivity contribution in [3.8, 4) is 0 Å². The molecule has 0 aromatic heterocycles. The number of aliphatic imine (C=N–C) groups is 1. The third-order valence-corrected chi connectivity index (χ3v) is 2.54. The van der Waals surface area contributed by atoms with Crippen molar-refractivity contribution < 1.29 is 9.59 Å². The maximum atomic E-state index is 11.5. The van der Waals surface area contributed by atoms with Gasteiger partial charge in [0.05, 0.1) is 0 Å². The highest BCUT2D eigenvalue weighted by molar-refractivity contribution is 6.15. The van der Waals surface area contributed by atoms with Crippen molar-refractivity contribution in [2.24, 2.45) is 10.9 Å². The van der Waals surface area contributed by atoms with Gasteiger partial charge in [-0.15, -0.1) is 0 Å². The summed E-state index contributed by atoms with van der Waals surface area (Å²) >= 11 is 0. The second-order valence-electron chi connectivity index (χ2n) is 3.93. The zero-order valence-electron chi connectivity index (χ0n) is 9.38. The fraction of sp³-hybridized carbons (Fsp3) is 0.727. The maximum Gasteiger partial charge on any atom is 0.259 e. The van der Waals surface area contributed by atoms with Gasteiger partial charge in [0.15, 0.2) is 0 Å². The third kappa shape index (κ3) is 3.46. The molecule has 0 aromatic rings. The normalized spacial score (nSPS) is 21.2. The Balaban J connectivity index is 2.41. The molecule has 1 aliphatic heterocycles. The first kappa shape index (κ1) is 11.9. The molecule has 0 aromatic carbocycles. The summed E-state index contributed by atoms with van der Waals surface area (Å²) in [6.45, 7) is 3.76. The summed E-state index contributed by atoms with van der Waals surface area (Å²) < 4.78 is 0. The fourth-order valence-corrected chi connectivity index (χ4v) is 1.68. The van der Waals surface area contributed by atoms with Gasteiger partial charge < -0.3 is 5.32 Å². The lowest BCUT2D eigenvalue weighted by Crippen LogP contribution is -2.42. The molecule has 0 saturated heterocycles. The SMILES string of the molecule is CCCCCCC1C(=O)N=C(C)NC1=O. The van der Waals surface area contributed by atoms with Crippen LogP contribution in [0.25, 0.3) is 0 Å². The van der Waals surface area contributed by atoms with Gasteiger partial charge in [-0.1, -0.05) is 32.6 Å². The van der Waals surface area contributed by atoms with Crippen LogP contribution in [0.2, 0.25) is 0 Å². The molecule has 2 amide bonds. The standard InChI is InChI=1S/C11H18N2O2/c1-3-4-5-6-7-9-10(14)12-8(2)13-11(9)15/h9H,3-7H2,1-2H3,(H,12,13,14,15). The second kappa shape index (κ2) is 5.63. The van der Waals surface area contributed by atoms with Gasteiger partial charge in [-0.05, 0) is 13.3 Å². The first-order valence-electron chi connectivity index (χ1n) is 5.55. The number of unbranched alkanes of at least 4 members (excludes halogenated alkanes) is 3. The van der Waals surface area contributed by atoms with Gasteiger partial charge in [0, 0.05) is 0 Å².